The van der Waals surface area contributed by atoms with Crippen molar-refractivity contribution in [1.82, 2.24) is 10.2 Å². The van der Waals surface area contributed by atoms with Crippen LogP contribution in [0.2, 0.25) is 0 Å². The van der Waals surface area contributed by atoms with Crippen LogP contribution in [0.5, 0.6) is 11.5 Å². The number of nitriles is 1. The van der Waals surface area contributed by atoms with E-state index in [0.717, 1.165) is 5.56 Å². The van der Waals surface area contributed by atoms with E-state index < -0.39 is 0 Å². The van der Waals surface area contributed by atoms with E-state index in [-0.39, 0.29) is 0 Å². The average molecular weight is 353 g/mol. The fraction of sp³-hybridized carbons (Fsp3) is 0.167. The number of aromatic nitrogens is 2. The lowest BCUT2D eigenvalue weighted by atomic mass is 10.1. The molecule has 0 saturated carbocycles. The molecule has 6 nitrogen and oxygen atoms in total. The second kappa shape index (κ2) is 7.73. The summed E-state index contributed by atoms with van der Waals surface area (Å²) in [4.78, 5) is 0. The summed E-state index contributed by atoms with van der Waals surface area (Å²) >= 11 is 1.38. The minimum Gasteiger partial charge on any atom is -0.497 e. The number of rotatable bonds is 6. The average Bonchev–Trinajstić information content (AvgIpc) is 3.14. The maximum Gasteiger partial charge on any atom is 0.277 e. The molecule has 3 aromatic rings. The molecule has 25 heavy (non-hydrogen) atoms. The van der Waals surface area contributed by atoms with Gasteiger partial charge in [-0.2, -0.15) is 5.26 Å². The molecule has 0 saturated heterocycles. The van der Waals surface area contributed by atoms with Crippen LogP contribution in [0.1, 0.15) is 11.1 Å². The molecule has 0 spiro atoms. The molecule has 0 N–H and O–H groups in total. The van der Waals surface area contributed by atoms with Crippen molar-refractivity contribution in [3.63, 3.8) is 0 Å². The Kier molecular flexibility index (Phi) is 5.21. The zero-order valence-corrected chi connectivity index (χ0v) is 14.5. The summed E-state index contributed by atoms with van der Waals surface area (Å²) in [6, 6.07) is 15.0. The molecule has 2 aromatic carbocycles. The number of nitrogens with zero attached hydrogens (tertiary/aromatic N) is 3. The first kappa shape index (κ1) is 16.9. The van der Waals surface area contributed by atoms with Crippen molar-refractivity contribution in [3.8, 4) is 29.0 Å². The number of ether oxygens (including phenoxy) is 2. The van der Waals surface area contributed by atoms with Crippen molar-refractivity contribution in [2.45, 2.75) is 11.0 Å². The number of hydrogen-bond acceptors (Lipinski definition) is 7. The fourth-order valence-corrected chi connectivity index (χ4v) is 3.01. The molecule has 1 heterocycles. The highest BCUT2D eigenvalue weighted by molar-refractivity contribution is 7.98. The molecule has 7 heteroatoms. The Morgan fingerprint density at radius 3 is 2.72 bits per heavy atom. The SMILES string of the molecule is COc1ccc(-c2nnc(SCc3ccccc3C#N)o2)c(OC)c1. The first-order valence-electron chi connectivity index (χ1n) is 7.42. The minimum absolute atomic E-state index is 0.371. The van der Waals surface area contributed by atoms with E-state index in [1.54, 1.807) is 32.4 Å². The predicted molar refractivity (Wildman–Crippen MR) is 93.6 cm³/mol. The van der Waals surface area contributed by atoms with E-state index in [9.17, 15) is 0 Å². The van der Waals surface area contributed by atoms with Crippen molar-refractivity contribution in [3.05, 3.63) is 53.6 Å². The van der Waals surface area contributed by atoms with E-state index in [1.807, 2.05) is 24.3 Å². The van der Waals surface area contributed by atoms with Gasteiger partial charge in [0.2, 0.25) is 0 Å². The van der Waals surface area contributed by atoms with Gasteiger partial charge in [-0.15, -0.1) is 10.2 Å². The molecule has 0 amide bonds. The van der Waals surface area contributed by atoms with Crippen LogP contribution in [0.4, 0.5) is 0 Å². The molecule has 0 atom stereocenters. The van der Waals surface area contributed by atoms with Crippen LogP contribution in [0.3, 0.4) is 0 Å². The van der Waals surface area contributed by atoms with E-state index in [4.69, 9.17) is 19.2 Å². The van der Waals surface area contributed by atoms with Gasteiger partial charge in [0, 0.05) is 11.8 Å². The molecule has 0 radical (unpaired) electrons. The lowest BCUT2D eigenvalue weighted by molar-refractivity contribution is 0.393. The third-order valence-electron chi connectivity index (χ3n) is 3.53. The molecule has 3 rings (SSSR count). The second-order valence-corrected chi connectivity index (χ2v) is 5.92. The summed E-state index contributed by atoms with van der Waals surface area (Å²) in [6.45, 7) is 0. The third kappa shape index (κ3) is 3.75. The van der Waals surface area contributed by atoms with Crippen molar-refractivity contribution in [2.24, 2.45) is 0 Å². The van der Waals surface area contributed by atoms with Crippen LogP contribution in [0, 0.1) is 11.3 Å². The van der Waals surface area contributed by atoms with E-state index in [0.29, 0.717) is 39.5 Å². The van der Waals surface area contributed by atoms with Gasteiger partial charge in [0.15, 0.2) is 0 Å². The summed E-state index contributed by atoms with van der Waals surface area (Å²) in [7, 11) is 3.16. The summed E-state index contributed by atoms with van der Waals surface area (Å²) in [5.74, 6) is 2.22. The molecule has 0 bridgehead atoms. The van der Waals surface area contributed by atoms with E-state index >= 15 is 0 Å². The minimum atomic E-state index is 0.371. The number of benzene rings is 2. The van der Waals surface area contributed by atoms with Crippen LogP contribution in [0.15, 0.2) is 52.1 Å². The van der Waals surface area contributed by atoms with Gasteiger partial charge in [0.05, 0.1) is 31.4 Å². The zero-order valence-electron chi connectivity index (χ0n) is 13.7. The van der Waals surface area contributed by atoms with Gasteiger partial charge >= 0.3 is 0 Å². The van der Waals surface area contributed by atoms with Crippen LogP contribution in [-0.4, -0.2) is 24.4 Å². The standard InChI is InChI=1S/C18H15N3O3S/c1-22-14-7-8-15(16(9-14)23-2)17-20-21-18(24-17)25-11-13-6-4-3-5-12(13)10-19/h3-9H,11H2,1-2H3. The summed E-state index contributed by atoms with van der Waals surface area (Å²) in [6.07, 6.45) is 0. The van der Waals surface area contributed by atoms with Gasteiger partial charge in [-0.1, -0.05) is 30.0 Å². The van der Waals surface area contributed by atoms with Gasteiger partial charge in [-0.25, -0.2) is 0 Å². The van der Waals surface area contributed by atoms with Crippen LogP contribution < -0.4 is 9.47 Å². The summed E-state index contributed by atoms with van der Waals surface area (Å²) in [5.41, 5.74) is 2.27. The van der Waals surface area contributed by atoms with Gasteiger partial charge in [-0.3, -0.25) is 0 Å². The Labute approximate surface area is 149 Å². The molecule has 0 aliphatic rings. The Bertz CT molecular complexity index is 918. The maximum absolute atomic E-state index is 9.13. The normalized spacial score (nSPS) is 10.3. The summed E-state index contributed by atoms with van der Waals surface area (Å²) in [5, 5.41) is 17.7. The van der Waals surface area contributed by atoms with Gasteiger partial charge in [-0.05, 0) is 23.8 Å². The molecule has 126 valence electrons. The number of hydrogen-bond donors (Lipinski definition) is 0. The zero-order chi connectivity index (χ0) is 17.6. The molecule has 0 unspecified atom stereocenters. The monoisotopic (exact) mass is 353 g/mol. The van der Waals surface area contributed by atoms with Gasteiger partial charge < -0.3 is 13.9 Å². The second-order valence-electron chi connectivity index (χ2n) is 5.00. The number of methoxy groups -OCH3 is 2. The quantitative estimate of drug-likeness (QED) is 0.621. The first-order valence-corrected chi connectivity index (χ1v) is 8.40. The van der Waals surface area contributed by atoms with Crippen molar-refractivity contribution < 1.29 is 13.9 Å². The Balaban J connectivity index is 1.78. The predicted octanol–water partition coefficient (Wildman–Crippen LogP) is 3.92. The topological polar surface area (TPSA) is 81.2 Å². The Hall–Kier alpha value is -2.98. The molecule has 0 aliphatic carbocycles. The fourth-order valence-electron chi connectivity index (χ4n) is 2.25. The van der Waals surface area contributed by atoms with Crippen molar-refractivity contribution in [1.29, 1.82) is 5.26 Å². The smallest absolute Gasteiger partial charge is 0.277 e. The maximum atomic E-state index is 9.13. The highest BCUT2D eigenvalue weighted by Gasteiger charge is 2.15. The lowest BCUT2D eigenvalue weighted by Gasteiger charge is -2.07. The Morgan fingerprint density at radius 1 is 1.12 bits per heavy atom. The van der Waals surface area contributed by atoms with Crippen LogP contribution in [-0.2, 0) is 5.75 Å². The van der Waals surface area contributed by atoms with E-state index in [1.165, 1.54) is 11.8 Å². The summed E-state index contributed by atoms with van der Waals surface area (Å²) < 4.78 is 16.3. The highest BCUT2D eigenvalue weighted by atomic mass is 32.2. The molecule has 0 fully saturated rings. The van der Waals surface area contributed by atoms with Gasteiger partial charge in [0.25, 0.3) is 11.1 Å². The largest absolute Gasteiger partial charge is 0.497 e. The number of thioether (sulfide) groups is 1. The molecule has 1 aromatic heterocycles. The molecular formula is C18H15N3O3S. The molecular weight excluding hydrogens is 338 g/mol. The van der Waals surface area contributed by atoms with Crippen molar-refractivity contribution >= 4 is 11.8 Å². The first-order chi connectivity index (χ1) is 12.2. The van der Waals surface area contributed by atoms with Crippen LogP contribution >= 0.6 is 11.8 Å². The van der Waals surface area contributed by atoms with Crippen LogP contribution in [0.25, 0.3) is 11.5 Å². The third-order valence-corrected chi connectivity index (χ3v) is 4.40. The van der Waals surface area contributed by atoms with Gasteiger partial charge in [0.1, 0.15) is 11.5 Å². The highest BCUT2D eigenvalue weighted by Crippen LogP contribution is 2.34. The van der Waals surface area contributed by atoms with E-state index in [2.05, 4.69) is 16.3 Å². The van der Waals surface area contributed by atoms with Crippen molar-refractivity contribution in [2.75, 3.05) is 14.2 Å². The lowest BCUT2D eigenvalue weighted by Crippen LogP contribution is -1.90. The molecule has 0 aliphatic heterocycles. The Morgan fingerprint density at radius 2 is 1.96 bits per heavy atom.